The minimum Gasteiger partial charge on any atom is -0.376 e. The van der Waals surface area contributed by atoms with E-state index in [4.69, 9.17) is 4.74 Å². The third kappa shape index (κ3) is 2.68. The topological polar surface area (TPSA) is 58.6 Å². The van der Waals surface area contributed by atoms with Crippen LogP contribution in [-0.4, -0.2) is 47.6 Å². The highest BCUT2D eigenvalue weighted by Gasteiger charge is 2.47. The molecule has 2 saturated heterocycles. The fourth-order valence-corrected chi connectivity index (χ4v) is 3.13. The standard InChI is InChI=1S/C15H26N2O3/c1-4-15(5-2)14(19)17(11(3)13(18)16-15)10-12-8-6-7-9-20-12/h11-12H,4-10H2,1-3H3,(H,16,18). The Morgan fingerprint density at radius 2 is 2.00 bits per heavy atom. The normalized spacial score (nSPS) is 30.2. The molecule has 0 aromatic rings. The Morgan fingerprint density at radius 1 is 1.30 bits per heavy atom. The van der Waals surface area contributed by atoms with Gasteiger partial charge >= 0.3 is 0 Å². The van der Waals surface area contributed by atoms with Crippen molar-refractivity contribution in [2.45, 2.75) is 70.6 Å². The van der Waals surface area contributed by atoms with Gasteiger partial charge in [-0.2, -0.15) is 0 Å². The van der Waals surface area contributed by atoms with Gasteiger partial charge in [-0.1, -0.05) is 13.8 Å². The lowest BCUT2D eigenvalue weighted by atomic mass is 9.87. The molecule has 2 aliphatic heterocycles. The van der Waals surface area contributed by atoms with Crippen LogP contribution in [0.3, 0.4) is 0 Å². The van der Waals surface area contributed by atoms with Crippen molar-refractivity contribution < 1.29 is 14.3 Å². The molecule has 2 aliphatic rings. The monoisotopic (exact) mass is 282 g/mol. The van der Waals surface area contributed by atoms with Gasteiger partial charge in [0.2, 0.25) is 11.8 Å². The maximum absolute atomic E-state index is 12.8. The highest BCUT2D eigenvalue weighted by molar-refractivity contribution is 5.99. The summed E-state index contributed by atoms with van der Waals surface area (Å²) in [5, 5.41) is 2.93. The molecular formula is C15H26N2O3. The lowest BCUT2D eigenvalue weighted by molar-refractivity contribution is -0.157. The van der Waals surface area contributed by atoms with Gasteiger partial charge in [0.1, 0.15) is 11.6 Å². The Kier molecular flexibility index (Phi) is 4.68. The summed E-state index contributed by atoms with van der Waals surface area (Å²) < 4.78 is 5.72. The van der Waals surface area contributed by atoms with E-state index in [0.717, 1.165) is 25.9 Å². The zero-order chi connectivity index (χ0) is 14.8. The quantitative estimate of drug-likeness (QED) is 0.849. The molecule has 2 unspecified atom stereocenters. The highest BCUT2D eigenvalue weighted by atomic mass is 16.5. The van der Waals surface area contributed by atoms with Crippen LogP contribution in [0.4, 0.5) is 0 Å². The summed E-state index contributed by atoms with van der Waals surface area (Å²) in [5.74, 6) is -0.00659. The minimum atomic E-state index is -0.724. The van der Waals surface area contributed by atoms with Gasteiger partial charge in [-0.25, -0.2) is 0 Å². The average molecular weight is 282 g/mol. The maximum Gasteiger partial charge on any atom is 0.249 e. The summed E-state index contributed by atoms with van der Waals surface area (Å²) in [6, 6.07) is -0.403. The summed E-state index contributed by atoms with van der Waals surface area (Å²) in [4.78, 5) is 26.7. The van der Waals surface area contributed by atoms with E-state index in [1.807, 2.05) is 13.8 Å². The molecule has 0 bridgehead atoms. The van der Waals surface area contributed by atoms with Gasteiger partial charge in [0.05, 0.1) is 6.10 Å². The SMILES string of the molecule is CCC1(CC)NC(=O)C(C)N(CC2CCCCO2)C1=O. The molecule has 2 rings (SSSR count). The van der Waals surface area contributed by atoms with Crippen LogP contribution < -0.4 is 5.32 Å². The lowest BCUT2D eigenvalue weighted by Crippen LogP contribution is -2.70. The van der Waals surface area contributed by atoms with Crippen molar-refractivity contribution in [1.82, 2.24) is 10.2 Å². The second-order valence-electron chi connectivity index (χ2n) is 5.90. The molecular weight excluding hydrogens is 256 g/mol. The first kappa shape index (κ1) is 15.3. The molecule has 5 nitrogen and oxygen atoms in total. The third-order valence-electron chi connectivity index (χ3n) is 4.76. The molecule has 20 heavy (non-hydrogen) atoms. The second-order valence-corrected chi connectivity index (χ2v) is 5.90. The number of rotatable bonds is 4. The molecule has 0 spiro atoms. The molecule has 2 fully saturated rings. The number of carbonyl (C=O) groups is 2. The largest absolute Gasteiger partial charge is 0.376 e. The van der Waals surface area contributed by atoms with E-state index in [-0.39, 0.29) is 17.9 Å². The van der Waals surface area contributed by atoms with Gasteiger partial charge in [0, 0.05) is 13.2 Å². The first-order chi connectivity index (χ1) is 9.54. The molecule has 0 aromatic heterocycles. The zero-order valence-electron chi connectivity index (χ0n) is 12.8. The number of carbonyl (C=O) groups excluding carboxylic acids is 2. The molecule has 1 N–H and O–H groups in total. The molecule has 0 saturated carbocycles. The number of piperazine rings is 1. The predicted molar refractivity (Wildman–Crippen MR) is 76.2 cm³/mol. The Morgan fingerprint density at radius 3 is 2.55 bits per heavy atom. The van der Waals surface area contributed by atoms with E-state index in [1.165, 1.54) is 0 Å². The van der Waals surface area contributed by atoms with E-state index >= 15 is 0 Å². The van der Waals surface area contributed by atoms with Crippen molar-refractivity contribution in [2.75, 3.05) is 13.2 Å². The molecule has 2 amide bonds. The summed E-state index contributed by atoms with van der Waals surface area (Å²) in [7, 11) is 0. The van der Waals surface area contributed by atoms with Crippen molar-refractivity contribution in [3.05, 3.63) is 0 Å². The molecule has 114 valence electrons. The van der Waals surface area contributed by atoms with Crippen molar-refractivity contribution in [3.8, 4) is 0 Å². The molecule has 5 heteroatoms. The Hall–Kier alpha value is -1.10. The van der Waals surface area contributed by atoms with E-state index in [9.17, 15) is 9.59 Å². The van der Waals surface area contributed by atoms with Gasteiger partial charge in [-0.15, -0.1) is 0 Å². The molecule has 2 heterocycles. The van der Waals surface area contributed by atoms with E-state index in [2.05, 4.69) is 5.32 Å². The smallest absolute Gasteiger partial charge is 0.249 e. The first-order valence-corrected chi connectivity index (χ1v) is 7.78. The number of nitrogens with one attached hydrogen (secondary N) is 1. The Balaban J connectivity index is 2.15. The van der Waals surface area contributed by atoms with Crippen LogP contribution in [0.2, 0.25) is 0 Å². The van der Waals surface area contributed by atoms with Crippen LogP contribution in [0.5, 0.6) is 0 Å². The average Bonchev–Trinajstić information content (AvgIpc) is 2.48. The fraction of sp³-hybridized carbons (Fsp3) is 0.867. The van der Waals surface area contributed by atoms with Gasteiger partial charge in [0.15, 0.2) is 0 Å². The van der Waals surface area contributed by atoms with Gasteiger partial charge in [-0.05, 0) is 39.0 Å². The van der Waals surface area contributed by atoms with Crippen LogP contribution in [0, 0.1) is 0 Å². The Bertz CT molecular complexity index is 373. The molecule has 2 atom stereocenters. The summed E-state index contributed by atoms with van der Waals surface area (Å²) in [5.41, 5.74) is -0.724. The van der Waals surface area contributed by atoms with E-state index < -0.39 is 11.6 Å². The predicted octanol–water partition coefficient (Wildman–Crippen LogP) is 1.46. The van der Waals surface area contributed by atoms with Crippen LogP contribution in [0.15, 0.2) is 0 Å². The van der Waals surface area contributed by atoms with Crippen molar-refractivity contribution in [2.24, 2.45) is 0 Å². The van der Waals surface area contributed by atoms with Gasteiger partial charge < -0.3 is 15.0 Å². The molecule has 0 aliphatic carbocycles. The Labute approximate surface area is 121 Å². The number of hydrogen-bond donors (Lipinski definition) is 1. The number of amides is 2. The van der Waals surface area contributed by atoms with Crippen LogP contribution in [0.1, 0.15) is 52.9 Å². The van der Waals surface area contributed by atoms with Gasteiger partial charge in [0.25, 0.3) is 0 Å². The summed E-state index contributed by atoms with van der Waals surface area (Å²) >= 11 is 0. The highest BCUT2D eigenvalue weighted by Crippen LogP contribution is 2.26. The minimum absolute atomic E-state index is 0.0452. The van der Waals surface area contributed by atoms with Crippen molar-refractivity contribution in [3.63, 3.8) is 0 Å². The third-order valence-corrected chi connectivity index (χ3v) is 4.76. The summed E-state index contributed by atoms with van der Waals surface area (Å²) in [6.45, 7) is 7.00. The van der Waals surface area contributed by atoms with Crippen molar-refractivity contribution in [1.29, 1.82) is 0 Å². The lowest BCUT2D eigenvalue weighted by Gasteiger charge is -2.45. The van der Waals surface area contributed by atoms with E-state index in [1.54, 1.807) is 11.8 Å². The zero-order valence-corrected chi connectivity index (χ0v) is 12.8. The van der Waals surface area contributed by atoms with Crippen LogP contribution in [0.25, 0.3) is 0 Å². The number of hydrogen-bond acceptors (Lipinski definition) is 3. The first-order valence-electron chi connectivity index (χ1n) is 7.78. The van der Waals surface area contributed by atoms with Crippen molar-refractivity contribution >= 4 is 11.8 Å². The number of nitrogens with zero attached hydrogens (tertiary/aromatic N) is 1. The van der Waals surface area contributed by atoms with Gasteiger partial charge in [-0.3, -0.25) is 9.59 Å². The summed E-state index contributed by atoms with van der Waals surface area (Å²) in [6.07, 6.45) is 4.54. The second kappa shape index (κ2) is 6.12. The van der Waals surface area contributed by atoms with Crippen LogP contribution >= 0.6 is 0 Å². The fourth-order valence-electron chi connectivity index (χ4n) is 3.13. The van der Waals surface area contributed by atoms with E-state index in [0.29, 0.717) is 19.4 Å². The molecule has 0 radical (unpaired) electrons. The number of ether oxygens (including phenoxy) is 1. The molecule has 0 aromatic carbocycles. The maximum atomic E-state index is 12.8. The van der Waals surface area contributed by atoms with Crippen LogP contribution in [-0.2, 0) is 14.3 Å².